The van der Waals surface area contributed by atoms with Crippen molar-refractivity contribution in [3.8, 4) is 5.75 Å². The van der Waals surface area contributed by atoms with Gasteiger partial charge in [0.1, 0.15) is 5.75 Å². The van der Waals surface area contributed by atoms with E-state index in [4.69, 9.17) is 11.6 Å². The van der Waals surface area contributed by atoms with Crippen molar-refractivity contribution < 1.29 is 24.3 Å². The minimum Gasteiger partial charge on any atom is -0.507 e. The van der Waals surface area contributed by atoms with Gasteiger partial charge >= 0.3 is 0 Å². The summed E-state index contributed by atoms with van der Waals surface area (Å²) in [6.07, 6.45) is 2.67. The van der Waals surface area contributed by atoms with Crippen LogP contribution in [0.4, 0.5) is 11.4 Å². The molecule has 8 heteroatoms. The van der Waals surface area contributed by atoms with Gasteiger partial charge in [-0.25, -0.2) is 4.90 Å². The molecule has 0 aromatic heterocycles. The van der Waals surface area contributed by atoms with Gasteiger partial charge in [0.2, 0.25) is 23.6 Å². The number of nitrogens with zero attached hydrogens (tertiary/aromatic N) is 2. The fourth-order valence-electron chi connectivity index (χ4n) is 8.59. The van der Waals surface area contributed by atoms with E-state index in [2.05, 4.69) is 0 Å². The number of aromatic hydroxyl groups is 1. The average Bonchev–Trinajstić information content (AvgIpc) is 3.42. The monoisotopic (exact) mass is 616 g/mol. The maximum absolute atomic E-state index is 14.6. The number of carbonyl (C=O) groups excluding carboxylic acids is 4. The van der Waals surface area contributed by atoms with Crippen LogP contribution < -0.4 is 9.80 Å². The molecule has 1 saturated carbocycles. The van der Waals surface area contributed by atoms with Gasteiger partial charge in [-0.2, -0.15) is 0 Å². The second-order valence-electron chi connectivity index (χ2n) is 12.7. The third kappa shape index (κ3) is 3.77. The normalized spacial score (nSPS) is 29.1. The van der Waals surface area contributed by atoms with Gasteiger partial charge in [-0.05, 0) is 79.1 Å². The highest BCUT2D eigenvalue weighted by Crippen LogP contribution is 2.64. The largest absolute Gasteiger partial charge is 0.507 e. The quantitative estimate of drug-likeness (QED) is 0.206. The van der Waals surface area contributed by atoms with Crippen LogP contribution in [-0.4, -0.2) is 28.7 Å². The zero-order valence-corrected chi connectivity index (χ0v) is 25.1. The molecule has 1 N–H and O–H groups in total. The first-order valence-corrected chi connectivity index (χ1v) is 15.6. The van der Waals surface area contributed by atoms with Crippen LogP contribution in [0.3, 0.4) is 0 Å². The van der Waals surface area contributed by atoms with Crippen molar-refractivity contribution in [3.63, 3.8) is 0 Å². The summed E-state index contributed by atoms with van der Waals surface area (Å²) in [7, 11) is 0. The van der Waals surface area contributed by atoms with Gasteiger partial charge in [0.15, 0.2) is 0 Å². The first-order valence-electron chi connectivity index (χ1n) is 15.2. The van der Waals surface area contributed by atoms with Gasteiger partial charge in [0.05, 0.1) is 34.5 Å². The number of fused-ring (bicyclic) bond motifs is 5. The van der Waals surface area contributed by atoms with E-state index in [0.717, 1.165) is 16.5 Å². The third-order valence-electron chi connectivity index (χ3n) is 10.6. The first-order chi connectivity index (χ1) is 21.7. The molecule has 0 spiro atoms. The molecule has 224 valence electrons. The molecule has 4 aromatic carbocycles. The number of hydrogen-bond donors (Lipinski definition) is 1. The average molecular weight is 617 g/mol. The molecule has 3 fully saturated rings. The molecule has 2 aliphatic carbocycles. The summed E-state index contributed by atoms with van der Waals surface area (Å²) in [5.74, 6) is -3.98. The topological polar surface area (TPSA) is 95.0 Å². The van der Waals surface area contributed by atoms with Crippen molar-refractivity contribution in [1.82, 2.24) is 0 Å². The summed E-state index contributed by atoms with van der Waals surface area (Å²) < 4.78 is 0. The predicted octanol–water partition coefficient (Wildman–Crippen LogP) is 6.63. The van der Waals surface area contributed by atoms with E-state index in [1.807, 2.05) is 49.4 Å². The number of imide groups is 2. The van der Waals surface area contributed by atoms with E-state index in [1.165, 1.54) is 9.80 Å². The SMILES string of the molecule is C[C@@]12C(=O)N(c3ccccc3)C(=O)[C@@H]1C[C@@H]1C(=CC[C@@H]3C(=O)N(c4ccc(Cl)cc4)C(=O)[C@@H]31)[C@@H]2c1ccc(O)c2ccccc12. The maximum Gasteiger partial charge on any atom is 0.241 e. The van der Waals surface area contributed by atoms with Gasteiger partial charge in [-0.15, -0.1) is 0 Å². The van der Waals surface area contributed by atoms with E-state index in [0.29, 0.717) is 28.2 Å². The minimum absolute atomic E-state index is 0.121. The van der Waals surface area contributed by atoms with Crippen molar-refractivity contribution in [2.24, 2.45) is 29.1 Å². The highest BCUT2D eigenvalue weighted by molar-refractivity contribution is 6.31. The van der Waals surface area contributed by atoms with Gasteiger partial charge in [-0.3, -0.25) is 24.1 Å². The lowest BCUT2D eigenvalue weighted by atomic mass is 9.51. The molecule has 45 heavy (non-hydrogen) atoms. The van der Waals surface area contributed by atoms with Crippen molar-refractivity contribution in [3.05, 3.63) is 113 Å². The number of hydrogen-bond acceptors (Lipinski definition) is 5. The maximum atomic E-state index is 14.6. The second-order valence-corrected chi connectivity index (χ2v) is 13.1. The van der Waals surface area contributed by atoms with Crippen LogP contribution in [0.15, 0.2) is 103 Å². The lowest BCUT2D eigenvalue weighted by Crippen LogP contribution is -2.49. The van der Waals surface area contributed by atoms with E-state index < -0.39 is 35.0 Å². The van der Waals surface area contributed by atoms with Crippen molar-refractivity contribution in [2.45, 2.75) is 25.7 Å². The molecule has 0 unspecified atom stereocenters. The number of rotatable bonds is 3. The van der Waals surface area contributed by atoms with Crippen LogP contribution in [0.5, 0.6) is 5.75 Å². The predicted molar refractivity (Wildman–Crippen MR) is 171 cm³/mol. The van der Waals surface area contributed by atoms with Gasteiger partial charge in [0.25, 0.3) is 0 Å². The Bertz CT molecular complexity index is 1970. The van der Waals surface area contributed by atoms with Gasteiger partial charge < -0.3 is 5.11 Å². The molecule has 2 aliphatic heterocycles. The van der Waals surface area contributed by atoms with E-state index >= 15 is 0 Å². The number of amides is 4. The van der Waals surface area contributed by atoms with E-state index in [-0.39, 0.29) is 35.8 Å². The zero-order valence-electron chi connectivity index (χ0n) is 24.4. The molecule has 6 atom stereocenters. The van der Waals surface area contributed by atoms with Crippen LogP contribution >= 0.6 is 11.6 Å². The second kappa shape index (κ2) is 9.88. The molecule has 8 rings (SSSR count). The van der Waals surface area contributed by atoms with Crippen molar-refractivity contribution >= 4 is 57.4 Å². The Labute approximate surface area is 264 Å². The molecule has 2 heterocycles. The fourth-order valence-corrected chi connectivity index (χ4v) is 8.71. The molecule has 4 aromatic rings. The molecule has 0 bridgehead atoms. The third-order valence-corrected chi connectivity index (χ3v) is 10.9. The number of allylic oxidation sites excluding steroid dienone is 2. The number of carbonyl (C=O) groups is 4. The Hall–Kier alpha value is -4.75. The van der Waals surface area contributed by atoms with Crippen LogP contribution in [0.2, 0.25) is 5.02 Å². The molecule has 4 amide bonds. The van der Waals surface area contributed by atoms with Gasteiger partial charge in [0, 0.05) is 16.3 Å². The highest BCUT2D eigenvalue weighted by atomic mass is 35.5. The number of anilines is 2. The van der Waals surface area contributed by atoms with Crippen molar-refractivity contribution in [2.75, 3.05) is 9.80 Å². The minimum atomic E-state index is -1.16. The number of phenols is 1. The first kappa shape index (κ1) is 27.8. The molecule has 4 aliphatic rings. The van der Waals surface area contributed by atoms with E-state index in [1.54, 1.807) is 54.6 Å². The van der Waals surface area contributed by atoms with Gasteiger partial charge in [-0.1, -0.05) is 71.8 Å². The Balaban J connectivity index is 1.31. The molecular weight excluding hydrogens is 588 g/mol. The summed E-state index contributed by atoms with van der Waals surface area (Å²) in [6, 6.07) is 26.6. The van der Waals surface area contributed by atoms with Crippen molar-refractivity contribution in [1.29, 1.82) is 0 Å². The number of halogens is 1. The summed E-state index contributed by atoms with van der Waals surface area (Å²) in [6.45, 7) is 1.87. The lowest BCUT2D eigenvalue weighted by molar-refractivity contribution is -0.131. The molecule has 0 radical (unpaired) electrons. The summed E-state index contributed by atoms with van der Waals surface area (Å²) in [5, 5.41) is 12.7. The summed E-state index contributed by atoms with van der Waals surface area (Å²) in [4.78, 5) is 59.6. The zero-order chi connectivity index (χ0) is 31.2. The fraction of sp³-hybridized carbons (Fsp3) is 0.243. The molecule has 7 nitrogen and oxygen atoms in total. The smallest absolute Gasteiger partial charge is 0.241 e. The Kier molecular flexibility index (Phi) is 6.10. The highest BCUT2D eigenvalue weighted by Gasteiger charge is 2.67. The van der Waals surface area contributed by atoms with Crippen LogP contribution in [-0.2, 0) is 19.2 Å². The van der Waals surface area contributed by atoms with Crippen LogP contribution in [0, 0.1) is 29.1 Å². The Morgan fingerprint density at radius 2 is 1.40 bits per heavy atom. The van der Waals surface area contributed by atoms with Crippen LogP contribution in [0.25, 0.3) is 10.8 Å². The Morgan fingerprint density at radius 1 is 0.733 bits per heavy atom. The molecule has 2 saturated heterocycles. The van der Waals surface area contributed by atoms with E-state index in [9.17, 15) is 24.3 Å². The van der Waals surface area contributed by atoms with Crippen LogP contribution in [0.1, 0.15) is 31.2 Å². The Morgan fingerprint density at radius 3 is 2.13 bits per heavy atom. The number of phenolic OH excluding ortho intramolecular Hbond substituents is 1. The summed E-state index contributed by atoms with van der Waals surface area (Å²) >= 11 is 6.10. The molecular formula is C37H29ClN2O5. The number of benzene rings is 4. The number of para-hydroxylation sites is 1. The lowest BCUT2D eigenvalue weighted by Gasteiger charge is -2.49. The summed E-state index contributed by atoms with van der Waals surface area (Å²) in [5.41, 5.74) is 1.53. The standard InChI is InChI=1S/C37H29ClN2O5/c1-37-29(34(43)40(36(37)45)21-7-3-2-4-8-21)19-28-26(32(37)25-17-18-30(41)24-10-6-5-9-23(24)25)15-16-27-31(28)35(44)39(33(27)42)22-13-11-20(38)12-14-22/h2-15,17-18,27-29,31-32,41H,16,19H2,1H3/t27-,28+,29-,31-,32-,37+/m0/s1.